The third-order valence-electron chi connectivity index (χ3n) is 4.54. The van der Waals surface area contributed by atoms with E-state index in [1.54, 1.807) is 5.57 Å². The van der Waals surface area contributed by atoms with E-state index >= 15 is 0 Å². The first-order valence-corrected chi connectivity index (χ1v) is 8.42. The number of benzene rings is 2. The minimum Gasteiger partial charge on any atom is -0.0652 e. The molecule has 2 aromatic carbocycles. The first-order valence-electron chi connectivity index (χ1n) is 8.42. The van der Waals surface area contributed by atoms with Gasteiger partial charge in [-0.1, -0.05) is 88.2 Å². The Kier molecular flexibility index (Phi) is 3.95. The summed E-state index contributed by atoms with van der Waals surface area (Å²) < 4.78 is 0. The summed E-state index contributed by atoms with van der Waals surface area (Å²) in [6, 6.07) is 15.6. The maximum atomic E-state index is 2.45. The Bertz CT molecular complexity index is 697. The Labute approximate surface area is 134 Å². The summed E-state index contributed by atoms with van der Waals surface area (Å²) in [5.74, 6) is 0. The second-order valence-corrected chi connectivity index (χ2v) is 7.41. The molecule has 0 aromatic heterocycles. The number of fused-ring (bicyclic) bond motifs is 1. The normalized spacial score (nSPS) is 13.9. The number of allylic oxidation sites excluding steroid dienone is 1. The van der Waals surface area contributed by atoms with Gasteiger partial charge < -0.3 is 0 Å². The van der Waals surface area contributed by atoms with Crippen molar-refractivity contribution in [1.29, 1.82) is 0 Å². The van der Waals surface area contributed by atoms with Gasteiger partial charge in [-0.3, -0.25) is 0 Å². The lowest BCUT2D eigenvalue weighted by molar-refractivity contribution is 0.591. The largest absolute Gasteiger partial charge is 0.0652 e. The van der Waals surface area contributed by atoms with Crippen molar-refractivity contribution in [3.05, 3.63) is 64.7 Å². The van der Waals surface area contributed by atoms with Crippen LogP contribution in [0.2, 0.25) is 0 Å². The van der Waals surface area contributed by atoms with Crippen LogP contribution < -0.4 is 0 Å². The molecule has 0 nitrogen and oxygen atoms in total. The Balaban J connectivity index is 2.23. The fourth-order valence-corrected chi connectivity index (χ4v) is 3.50. The van der Waals surface area contributed by atoms with Crippen LogP contribution in [-0.2, 0) is 11.8 Å². The Hall–Kier alpha value is -1.82. The number of hydrogen-bond acceptors (Lipinski definition) is 0. The Morgan fingerprint density at radius 1 is 0.955 bits per heavy atom. The average molecular weight is 290 g/mol. The molecule has 1 aliphatic rings. The zero-order chi connectivity index (χ0) is 15.7. The molecule has 0 spiro atoms. The minimum absolute atomic E-state index is 0.154. The first-order chi connectivity index (χ1) is 10.5. The van der Waals surface area contributed by atoms with Crippen molar-refractivity contribution >= 4 is 6.08 Å². The van der Waals surface area contributed by atoms with Gasteiger partial charge in [-0.25, -0.2) is 0 Å². The SMILES string of the molecule is CCCC1=Cc2c(ccc(C(C)(C)C)c2-c2ccccc2)C1. The Morgan fingerprint density at radius 2 is 1.68 bits per heavy atom. The van der Waals surface area contributed by atoms with E-state index in [1.165, 1.54) is 40.7 Å². The van der Waals surface area contributed by atoms with Crippen LogP contribution in [0.3, 0.4) is 0 Å². The van der Waals surface area contributed by atoms with Crippen molar-refractivity contribution in [3.8, 4) is 11.1 Å². The standard InChI is InChI=1S/C22H26/c1-5-9-16-14-18-12-13-20(22(2,3)4)21(19(18)15-16)17-10-7-6-8-11-17/h6-8,10-13,15H,5,9,14H2,1-4H3. The molecule has 0 fully saturated rings. The third-order valence-corrected chi connectivity index (χ3v) is 4.54. The molecular formula is C22H26. The van der Waals surface area contributed by atoms with Gasteiger partial charge in [-0.05, 0) is 46.1 Å². The molecule has 0 unspecified atom stereocenters. The van der Waals surface area contributed by atoms with Gasteiger partial charge in [0.25, 0.3) is 0 Å². The van der Waals surface area contributed by atoms with Crippen molar-refractivity contribution in [1.82, 2.24) is 0 Å². The molecular weight excluding hydrogens is 264 g/mol. The predicted octanol–water partition coefficient (Wildman–Crippen LogP) is 6.39. The van der Waals surface area contributed by atoms with E-state index in [9.17, 15) is 0 Å². The van der Waals surface area contributed by atoms with E-state index in [1.807, 2.05) is 0 Å². The zero-order valence-corrected chi connectivity index (χ0v) is 14.2. The van der Waals surface area contributed by atoms with Crippen LogP contribution in [0.5, 0.6) is 0 Å². The van der Waals surface area contributed by atoms with E-state index in [4.69, 9.17) is 0 Å². The van der Waals surface area contributed by atoms with E-state index in [0.29, 0.717) is 0 Å². The Morgan fingerprint density at radius 3 is 2.32 bits per heavy atom. The molecule has 0 heteroatoms. The highest BCUT2D eigenvalue weighted by Gasteiger charge is 2.24. The van der Waals surface area contributed by atoms with Crippen LogP contribution in [-0.4, -0.2) is 0 Å². The van der Waals surface area contributed by atoms with Crippen LogP contribution >= 0.6 is 0 Å². The molecule has 1 aliphatic carbocycles. The minimum atomic E-state index is 0.154. The monoisotopic (exact) mass is 290 g/mol. The second kappa shape index (κ2) is 5.76. The fourth-order valence-electron chi connectivity index (χ4n) is 3.50. The summed E-state index contributed by atoms with van der Waals surface area (Å²) in [5.41, 5.74) is 8.93. The third kappa shape index (κ3) is 2.75. The van der Waals surface area contributed by atoms with Gasteiger partial charge in [-0.2, -0.15) is 0 Å². The molecule has 22 heavy (non-hydrogen) atoms. The molecule has 0 heterocycles. The van der Waals surface area contributed by atoms with Crippen LogP contribution in [0.25, 0.3) is 17.2 Å². The van der Waals surface area contributed by atoms with Crippen molar-refractivity contribution in [2.24, 2.45) is 0 Å². The molecule has 0 N–H and O–H groups in total. The van der Waals surface area contributed by atoms with Crippen molar-refractivity contribution in [2.45, 2.75) is 52.4 Å². The molecule has 0 aliphatic heterocycles. The quantitative estimate of drug-likeness (QED) is 0.614. The average Bonchev–Trinajstić information content (AvgIpc) is 2.89. The molecule has 0 amide bonds. The van der Waals surface area contributed by atoms with Gasteiger partial charge >= 0.3 is 0 Å². The molecule has 0 saturated heterocycles. The maximum absolute atomic E-state index is 2.45. The van der Waals surface area contributed by atoms with Gasteiger partial charge in [0.1, 0.15) is 0 Å². The summed E-state index contributed by atoms with van der Waals surface area (Å²) in [6.45, 7) is 9.20. The van der Waals surface area contributed by atoms with Gasteiger partial charge in [0.15, 0.2) is 0 Å². The molecule has 0 atom stereocenters. The maximum Gasteiger partial charge on any atom is -0.00576 e. The van der Waals surface area contributed by atoms with Crippen molar-refractivity contribution in [2.75, 3.05) is 0 Å². The van der Waals surface area contributed by atoms with Crippen molar-refractivity contribution in [3.63, 3.8) is 0 Å². The summed E-state index contributed by atoms with van der Waals surface area (Å²) in [4.78, 5) is 0. The van der Waals surface area contributed by atoms with Gasteiger partial charge in [0.05, 0.1) is 0 Å². The molecule has 2 aromatic rings. The number of hydrogen-bond donors (Lipinski definition) is 0. The van der Waals surface area contributed by atoms with Crippen LogP contribution in [0.1, 0.15) is 57.2 Å². The van der Waals surface area contributed by atoms with Crippen molar-refractivity contribution < 1.29 is 0 Å². The van der Waals surface area contributed by atoms with E-state index in [-0.39, 0.29) is 5.41 Å². The zero-order valence-electron chi connectivity index (χ0n) is 14.2. The summed E-state index contributed by atoms with van der Waals surface area (Å²) in [5, 5.41) is 0. The molecule has 0 radical (unpaired) electrons. The lowest BCUT2D eigenvalue weighted by atomic mass is 9.79. The summed E-state index contributed by atoms with van der Waals surface area (Å²) >= 11 is 0. The highest BCUT2D eigenvalue weighted by atomic mass is 14.3. The second-order valence-electron chi connectivity index (χ2n) is 7.41. The van der Waals surface area contributed by atoms with Crippen LogP contribution in [0.4, 0.5) is 0 Å². The molecule has 0 saturated carbocycles. The first kappa shape index (κ1) is 15.1. The molecule has 0 bridgehead atoms. The van der Waals surface area contributed by atoms with E-state index in [0.717, 1.165) is 6.42 Å². The summed E-state index contributed by atoms with van der Waals surface area (Å²) in [6.07, 6.45) is 6.03. The lowest BCUT2D eigenvalue weighted by Gasteiger charge is -2.25. The molecule has 3 rings (SSSR count). The smallest absolute Gasteiger partial charge is 0.00576 e. The van der Waals surface area contributed by atoms with Gasteiger partial charge in [0, 0.05) is 0 Å². The number of rotatable bonds is 3. The summed E-state index contributed by atoms with van der Waals surface area (Å²) in [7, 11) is 0. The van der Waals surface area contributed by atoms with Crippen LogP contribution in [0.15, 0.2) is 48.0 Å². The lowest BCUT2D eigenvalue weighted by Crippen LogP contribution is -2.13. The van der Waals surface area contributed by atoms with Crippen LogP contribution in [0, 0.1) is 0 Å². The fraction of sp³-hybridized carbons (Fsp3) is 0.364. The highest BCUT2D eigenvalue weighted by molar-refractivity contribution is 5.83. The highest BCUT2D eigenvalue weighted by Crippen LogP contribution is 2.41. The van der Waals surface area contributed by atoms with Gasteiger partial charge in [0.2, 0.25) is 0 Å². The predicted molar refractivity (Wildman–Crippen MR) is 97.2 cm³/mol. The van der Waals surface area contributed by atoms with E-state index < -0.39 is 0 Å². The van der Waals surface area contributed by atoms with Gasteiger partial charge in [-0.15, -0.1) is 0 Å². The van der Waals surface area contributed by atoms with E-state index in [2.05, 4.69) is 76.2 Å². The topological polar surface area (TPSA) is 0 Å². The molecule has 114 valence electrons.